The van der Waals surface area contributed by atoms with Gasteiger partial charge in [-0.1, -0.05) is 26.2 Å². The number of halogens is 1. The molecule has 1 aliphatic rings. The first-order chi connectivity index (χ1) is 6.73. The first-order valence-electron chi connectivity index (χ1n) is 5.85. The van der Waals surface area contributed by atoms with Gasteiger partial charge in [-0.15, -0.1) is 0 Å². The van der Waals surface area contributed by atoms with E-state index in [1.165, 1.54) is 12.8 Å². The second-order valence-electron chi connectivity index (χ2n) is 4.34. The molecule has 0 bridgehead atoms. The van der Waals surface area contributed by atoms with Crippen LogP contribution in [0.5, 0.6) is 0 Å². The van der Waals surface area contributed by atoms with Crippen LogP contribution in [0, 0.1) is 0 Å². The van der Waals surface area contributed by atoms with Crippen LogP contribution in [0.25, 0.3) is 0 Å². The third kappa shape index (κ3) is 2.92. The molecule has 84 valence electrons. The summed E-state index contributed by atoms with van der Waals surface area (Å²) in [6.45, 7) is 3.11. The SMILES string of the molecule is CCCC(F)(CN)C1CCCCCN1. The number of alkyl halides is 1. The third-order valence-corrected chi connectivity index (χ3v) is 3.19. The van der Waals surface area contributed by atoms with Crippen LogP contribution in [0.15, 0.2) is 0 Å². The minimum Gasteiger partial charge on any atom is -0.327 e. The van der Waals surface area contributed by atoms with E-state index in [1.807, 2.05) is 6.92 Å². The van der Waals surface area contributed by atoms with Crippen LogP contribution in [0.1, 0.15) is 45.4 Å². The molecule has 1 heterocycles. The van der Waals surface area contributed by atoms with E-state index in [0.717, 1.165) is 25.8 Å². The smallest absolute Gasteiger partial charge is 0.138 e. The molecule has 1 rings (SSSR count). The molecular formula is C11H23FN2. The van der Waals surface area contributed by atoms with E-state index < -0.39 is 5.67 Å². The van der Waals surface area contributed by atoms with Gasteiger partial charge in [-0.25, -0.2) is 4.39 Å². The molecule has 0 radical (unpaired) electrons. The predicted molar refractivity (Wildman–Crippen MR) is 58.1 cm³/mol. The lowest BCUT2D eigenvalue weighted by Crippen LogP contribution is -2.51. The van der Waals surface area contributed by atoms with Gasteiger partial charge in [-0.3, -0.25) is 0 Å². The molecule has 3 N–H and O–H groups in total. The van der Waals surface area contributed by atoms with Crippen LogP contribution < -0.4 is 11.1 Å². The maximum atomic E-state index is 14.4. The second kappa shape index (κ2) is 5.66. The van der Waals surface area contributed by atoms with Gasteiger partial charge in [0, 0.05) is 12.6 Å². The summed E-state index contributed by atoms with van der Waals surface area (Å²) in [6, 6.07) is -0.0186. The lowest BCUT2D eigenvalue weighted by Gasteiger charge is -2.32. The molecule has 14 heavy (non-hydrogen) atoms. The van der Waals surface area contributed by atoms with E-state index in [2.05, 4.69) is 5.32 Å². The van der Waals surface area contributed by atoms with Gasteiger partial charge in [0.05, 0.1) is 0 Å². The summed E-state index contributed by atoms with van der Waals surface area (Å²) in [5.74, 6) is 0. The maximum absolute atomic E-state index is 14.4. The molecule has 2 atom stereocenters. The quantitative estimate of drug-likeness (QED) is 0.731. The van der Waals surface area contributed by atoms with Crippen LogP contribution in [-0.2, 0) is 0 Å². The van der Waals surface area contributed by atoms with E-state index in [4.69, 9.17) is 5.73 Å². The van der Waals surface area contributed by atoms with Crippen molar-refractivity contribution in [3.63, 3.8) is 0 Å². The topological polar surface area (TPSA) is 38.0 Å². The maximum Gasteiger partial charge on any atom is 0.138 e. The zero-order valence-electron chi connectivity index (χ0n) is 9.19. The number of hydrogen-bond donors (Lipinski definition) is 2. The molecule has 1 saturated heterocycles. The standard InChI is InChI=1S/C11H23FN2/c1-2-7-11(12,9-13)10-6-4-3-5-8-14-10/h10,14H,2-9,13H2,1H3. The van der Waals surface area contributed by atoms with E-state index in [9.17, 15) is 4.39 Å². The lowest BCUT2D eigenvalue weighted by atomic mass is 9.88. The average molecular weight is 202 g/mol. The highest BCUT2D eigenvalue weighted by molar-refractivity contribution is 4.93. The fourth-order valence-electron chi connectivity index (χ4n) is 2.30. The molecule has 2 unspecified atom stereocenters. The molecule has 0 amide bonds. The van der Waals surface area contributed by atoms with Crippen molar-refractivity contribution in [3.8, 4) is 0 Å². The highest BCUT2D eigenvalue weighted by Gasteiger charge is 2.36. The zero-order chi connectivity index (χ0) is 10.4. The summed E-state index contributed by atoms with van der Waals surface area (Å²) in [7, 11) is 0. The highest BCUT2D eigenvalue weighted by Crippen LogP contribution is 2.26. The molecule has 1 fully saturated rings. The van der Waals surface area contributed by atoms with Crippen molar-refractivity contribution in [2.24, 2.45) is 5.73 Å². The van der Waals surface area contributed by atoms with Crippen molar-refractivity contribution in [1.82, 2.24) is 5.32 Å². The first-order valence-corrected chi connectivity index (χ1v) is 5.85. The second-order valence-corrected chi connectivity index (χ2v) is 4.34. The summed E-state index contributed by atoms with van der Waals surface area (Å²) in [5.41, 5.74) is 4.38. The van der Waals surface area contributed by atoms with Crippen molar-refractivity contribution in [2.75, 3.05) is 13.1 Å². The molecule has 0 aromatic carbocycles. The summed E-state index contributed by atoms with van der Waals surface area (Å²) < 4.78 is 14.4. The average Bonchev–Trinajstić information content (AvgIpc) is 2.46. The number of nitrogens with one attached hydrogen (secondary N) is 1. The fraction of sp³-hybridized carbons (Fsp3) is 1.00. The van der Waals surface area contributed by atoms with Crippen molar-refractivity contribution in [3.05, 3.63) is 0 Å². The Labute approximate surface area is 86.4 Å². The van der Waals surface area contributed by atoms with Crippen LogP contribution in [0.3, 0.4) is 0 Å². The van der Waals surface area contributed by atoms with Gasteiger partial charge >= 0.3 is 0 Å². The molecule has 0 aliphatic carbocycles. The van der Waals surface area contributed by atoms with E-state index >= 15 is 0 Å². The summed E-state index contributed by atoms with van der Waals surface area (Å²) in [6.07, 6.45) is 5.91. The monoisotopic (exact) mass is 202 g/mol. The number of rotatable bonds is 4. The molecule has 0 saturated carbocycles. The van der Waals surface area contributed by atoms with Gasteiger partial charge in [0.1, 0.15) is 5.67 Å². The van der Waals surface area contributed by atoms with Gasteiger partial charge in [-0.05, 0) is 25.8 Å². The number of nitrogens with two attached hydrogens (primary N) is 1. The molecule has 3 heteroatoms. The van der Waals surface area contributed by atoms with Crippen LogP contribution in [0.2, 0.25) is 0 Å². The lowest BCUT2D eigenvalue weighted by molar-refractivity contribution is 0.0989. The summed E-state index contributed by atoms with van der Waals surface area (Å²) >= 11 is 0. The van der Waals surface area contributed by atoms with E-state index in [1.54, 1.807) is 0 Å². The Morgan fingerprint density at radius 1 is 1.43 bits per heavy atom. The fourth-order valence-corrected chi connectivity index (χ4v) is 2.30. The van der Waals surface area contributed by atoms with Crippen molar-refractivity contribution in [2.45, 2.75) is 57.2 Å². The predicted octanol–water partition coefficient (Wildman–Crippen LogP) is 1.99. The normalized spacial score (nSPS) is 28.1. The molecule has 0 aromatic heterocycles. The minimum absolute atomic E-state index is 0.0186. The van der Waals surface area contributed by atoms with Gasteiger partial charge < -0.3 is 11.1 Å². The highest BCUT2D eigenvalue weighted by atomic mass is 19.1. The van der Waals surface area contributed by atoms with E-state index in [0.29, 0.717) is 6.42 Å². The molecular weight excluding hydrogens is 179 g/mol. The Kier molecular flexibility index (Phi) is 4.82. The van der Waals surface area contributed by atoms with Crippen LogP contribution in [0.4, 0.5) is 4.39 Å². The van der Waals surface area contributed by atoms with Crippen molar-refractivity contribution in [1.29, 1.82) is 0 Å². The molecule has 0 aromatic rings. The Morgan fingerprint density at radius 3 is 2.86 bits per heavy atom. The zero-order valence-corrected chi connectivity index (χ0v) is 9.19. The Bertz CT molecular complexity index is 155. The first kappa shape index (κ1) is 11.9. The Balaban J connectivity index is 2.56. The van der Waals surface area contributed by atoms with E-state index in [-0.39, 0.29) is 12.6 Å². The van der Waals surface area contributed by atoms with Gasteiger partial charge in [0.15, 0.2) is 0 Å². The minimum atomic E-state index is -1.18. The third-order valence-electron chi connectivity index (χ3n) is 3.19. The van der Waals surface area contributed by atoms with Gasteiger partial charge in [-0.2, -0.15) is 0 Å². The van der Waals surface area contributed by atoms with Crippen LogP contribution in [-0.4, -0.2) is 24.8 Å². The van der Waals surface area contributed by atoms with Gasteiger partial charge in [0.25, 0.3) is 0 Å². The van der Waals surface area contributed by atoms with Crippen molar-refractivity contribution < 1.29 is 4.39 Å². The summed E-state index contributed by atoms with van der Waals surface area (Å²) in [5, 5.41) is 3.30. The molecule has 1 aliphatic heterocycles. The molecule has 2 nitrogen and oxygen atoms in total. The van der Waals surface area contributed by atoms with Gasteiger partial charge in [0.2, 0.25) is 0 Å². The molecule has 0 spiro atoms. The van der Waals surface area contributed by atoms with Crippen LogP contribution >= 0.6 is 0 Å². The number of hydrogen-bond acceptors (Lipinski definition) is 2. The largest absolute Gasteiger partial charge is 0.327 e. The Hall–Kier alpha value is -0.150. The summed E-state index contributed by atoms with van der Waals surface area (Å²) in [4.78, 5) is 0. The van der Waals surface area contributed by atoms with Crippen molar-refractivity contribution >= 4 is 0 Å². The Morgan fingerprint density at radius 2 is 2.21 bits per heavy atom.